The van der Waals surface area contributed by atoms with Crippen LogP contribution in [0.15, 0.2) is 55.3 Å². The third kappa shape index (κ3) is 5.66. The third-order valence-corrected chi connectivity index (χ3v) is 6.25. The molecule has 0 atom stereocenters. The van der Waals surface area contributed by atoms with E-state index in [1.165, 1.54) is 26.5 Å². The van der Waals surface area contributed by atoms with E-state index in [9.17, 15) is 4.79 Å². The first-order valence-electron chi connectivity index (χ1n) is 10.7. The van der Waals surface area contributed by atoms with Crippen LogP contribution in [0.4, 0.5) is 15.9 Å². The molecule has 0 aliphatic heterocycles. The molecule has 0 fully saturated rings. The fourth-order valence-corrected chi connectivity index (χ4v) is 4.37. The molecule has 0 amide bonds. The van der Waals surface area contributed by atoms with Gasteiger partial charge in [0.25, 0.3) is 0 Å². The van der Waals surface area contributed by atoms with Gasteiger partial charge in [0.1, 0.15) is 23.1 Å². The summed E-state index contributed by atoms with van der Waals surface area (Å²) < 4.78 is 26.0. The van der Waals surface area contributed by atoms with Crippen LogP contribution in [0, 0.1) is 6.92 Å². The Morgan fingerprint density at radius 2 is 1.80 bits per heavy atom. The molecule has 5 nitrogen and oxygen atoms in total. The number of methoxy groups -OCH3 is 2. The molecule has 0 spiro atoms. The van der Waals surface area contributed by atoms with Crippen LogP contribution in [-0.4, -0.2) is 25.0 Å². The highest BCUT2D eigenvalue weighted by atomic mass is 35.5. The Bertz CT molecular complexity index is 1280. The van der Waals surface area contributed by atoms with Crippen molar-refractivity contribution in [2.75, 3.05) is 19.5 Å². The number of hydrogen-bond donors (Lipinski definition) is 1. The number of hydrogen-bond acceptors (Lipinski definition) is 5. The van der Waals surface area contributed by atoms with Gasteiger partial charge in [-0.3, -0.25) is 4.79 Å². The van der Waals surface area contributed by atoms with Gasteiger partial charge in [-0.15, -0.1) is 0 Å². The number of halogens is 3. The second kappa shape index (κ2) is 11.4. The number of pyridine rings is 1. The predicted molar refractivity (Wildman–Crippen MR) is 141 cm³/mol. The number of anilines is 2. The molecule has 1 heterocycles. The lowest BCUT2D eigenvalue weighted by molar-refractivity contribution is -0.114. The summed E-state index contributed by atoms with van der Waals surface area (Å²) in [5.74, 6) is 0.501. The summed E-state index contributed by atoms with van der Waals surface area (Å²) in [7, 11) is 2.91. The Hall–Kier alpha value is -3.35. The van der Waals surface area contributed by atoms with E-state index >= 15 is 4.39 Å². The fraction of sp³-hybridized carbons (Fsp3) is 0.185. The molecule has 0 unspecified atom stereocenters. The molecule has 3 aromatic rings. The number of allylic oxidation sites excluding steroid dienone is 2. The topological polar surface area (TPSA) is 60.5 Å². The highest BCUT2D eigenvalue weighted by molar-refractivity contribution is 6.39. The molecule has 0 saturated heterocycles. The van der Waals surface area contributed by atoms with Gasteiger partial charge in [0, 0.05) is 35.5 Å². The zero-order valence-corrected chi connectivity index (χ0v) is 21.4. The van der Waals surface area contributed by atoms with Gasteiger partial charge in [-0.25, -0.2) is 9.37 Å². The summed E-state index contributed by atoms with van der Waals surface area (Å²) in [5, 5.41) is 3.59. The van der Waals surface area contributed by atoms with Gasteiger partial charge in [0.15, 0.2) is 5.78 Å². The van der Waals surface area contributed by atoms with Crippen LogP contribution in [0.5, 0.6) is 11.5 Å². The Kier molecular flexibility index (Phi) is 8.54. The van der Waals surface area contributed by atoms with E-state index in [1.807, 2.05) is 25.1 Å². The Labute approximate surface area is 214 Å². The van der Waals surface area contributed by atoms with E-state index in [0.29, 0.717) is 17.3 Å². The van der Waals surface area contributed by atoms with Crippen molar-refractivity contribution in [3.63, 3.8) is 0 Å². The average Bonchev–Trinajstić information content (AvgIpc) is 2.86. The van der Waals surface area contributed by atoms with Crippen molar-refractivity contribution < 1.29 is 18.7 Å². The highest BCUT2D eigenvalue weighted by Crippen LogP contribution is 2.45. The molecule has 1 aromatic heterocycles. The number of carbonyl (C=O) groups excluding carboxylic acids is 1. The van der Waals surface area contributed by atoms with Crippen molar-refractivity contribution in [1.29, 1.82) is 0 Å². The number of nitrogens with one attached hydrogen (secondary N) is 1. The molecule has 1 N–H and O–H groups in total. The molecule has 182 valence electrons. The SMILES string of the molecule is C=CC(=O)Cc1cccc(C)c1Nc1ccc(/C(F)=C(\C)c2c(Cl)c(OC)cc(OC)c2Cl)cn1. The number of aromatic nitrogens is 1. The van der Waals surface area contributed by atoms with Gasteiger partial charge in [-0.1, -0.05) is 48.0 Å². The lowest BCUT2D eigenvalue weighted by Gasteiger charge is -2.16. The van der Waals surface area contributed by atoms with Gasteiger partial charge < -0.3 is 14.8 Å². The quantitative estimate of drug-likeness (QED) is 0.297. The number of ketones is 1. The van der Waals surface area contributed by atoms with Gasteiger partial charge in [0.05, 0.1) is 24.3 Å². The maximum atomic E-state index is 15.5. The summed E-state index contributed by atoms with van der Waals surface area (Å²) in [6.45, 7) is 7.04. The molecule has 2 aromatic carbocycles. The van der Waals surface area contributed by atoms with E-state index in [2.05, 4.69) is 16.9 Å². The van der Waals surface area contributed by atoms with Crippen LogP contribution in [-0.2, 0) is 11.2 Å². The van der Waals surface area contributed by atoms with Crippen molar-refractivity contribution >= 4 is 51.9 Å². The van der Waals surface area contributed by atoms with Crippen molar-refractivity contribution in [2.24, 2.45) is 0 Å². The van der Waals surface area contributed by atoms with Crippen LogP contribution < -0.4 is 14.8 Å². The van der Waals surface area contributed by atoms with Crippen LogP contribution in [0.3, 0.4) is 0 Å². The smallest absolute Gasteiger partial charge is 0.159 e. The highest BCUT2D eigenvalue weighted by Gasteiger charge is 2.21. The molecular weight excluding hydrogens is 490 g/mol. The van der Waals surface area contributed by atoms with Crippen molar-refractivity contribution in [3.8, 4) is 11.5 Å². The first kappa shape index (κ1) is 26.3. The first-order valence-corrected chi connectivity index (χ1v) is 11.4. The lowest BCUT2D eigenvalue weighted by Crippen LogP contribution is -2.05. The second-order valence-electron chi connectivity index (χ2n) is 7.74. The normalized spacial score (nSPS) is 11.5. The van der Waals surface area contributed by atoms with E-state index in [4.69, 9.17) is 32.7 Å². The third-order valence-electron chi connectivity index (χ3n) is 5.50. The molecule has 0 bridgehead atoms. The summed E-state index contributed by atoms with van der Waals surface area (Å²) in [4.78, 5) is 16.2. The van der Waals surface area contributed by atoms with E-state index < -0.39 is 5.83 Å². The summed E-state index contributed by atoms with van der Waals surface area (Å²) >= 11 is 12.9. The Morgan fingerprint density at radius 3 is 2.34 bits per heavy atom. The molecule has 0 radical (unpaired) electrons. The molecule has 8 heteroatoms. The monoisotopic (exact) mass is 514 g/mol. The standard InChI is InChI=1S/C27H25Cl2FN2O3/c1-6-19(33)12-17-9-7-8-15(2)27(17)32-22-11-10-18(14-31-22)26(30)16(3)23-24(28)20(34-4)13-21(35-5)25(23)29/h6-11,13-14H,1,12H2,2-5H3,(H,31,32)/b26-16-. The van der Waals surface area contributed by atoms with Gasteiger partial charge in [-0.05, 0) is 48.8 Å². The minimum atomic E-state index is -0.545. The zero-order valence-electron chi connectivity index (χ0n) is 19.8. The molecule has 0 aliphatic carbocycles. The van der Waals surface area contributed by atoms with Crippen molar-refractivity contribution in [2.45, 2.75) is 20.3 Å². The van der Waals surface area contributed by atoms with Crippen LogP contribution in [0.1, 0.15) is 29.2 Å². The number of ether oxygens (including phenoxy) is 2. The van der Waals surface area contributed by atoms with Crippen LogP contribution in [0.25, 0.3) is 11.4 Å². The Balaban J connectivity index is 1.96. The first-order chi connectivity index (χ1) is 16.7. The maximum absolute atomic E-state index is 15.5. The number of aryl methyl sites for hydroxylation is 1. The minimum Gasteiger partial charge on any atom is -0.495 e. The van der Waals surface area contributed by atoms with Gasteiger partial charge >= 0.3 is 0 Å². The summed E-state index contributed by atoms with van der Waals surface area (Å²) in [6, 6.07) is 10.5. The number of para-hydroxylation sites is 1. The largest absolute Gasteiger partial charge is 0.495 e. The van der Waals surface area contributed by atoms with E-state index in [0.717, 1.165) is 16.8 Å². The maximum Gasteiger partial charge on any atom is 0.159 e. The van der Waals surface area contributed by atoms with Gasteiger partial charge in [0.2, 0.25) is 0 Å². The predicted octanol–water partition coefficient (Wildman–Crippen LogP) is 7.61. The van der Waals surface area contributed by atoms with Crippen molar-refractivity contribution in [1.82, 2.24) is 4.98 Å². The second-order valence-corrected chi connectivity index (χ2v) is 8.49. The lowest BCUT2D eigenvalue weighted by atomic mass is 10.0. The van der Waals surface area contributed by atoms with Crippen LogP contribution >= 0.6 is 23.2 Å². The Morgan fingerprint density at radius 1 is 1.14 bits per heavy atom. The molecule has 0 aliphatic rings. The average molecular weight is 515 g/mol. The van der Waals surface area contributed by atoms with Crippen molar-refractivity contribution in [3.05, 3.63) is 87.5 Å². The zero-order chi connectivity index (χ0) is 25.7. The van der Waals surface area contributed by atoms with E-state index in [1.54, 1.807) is 25.1 Å². The molecule has 3 rings (SSSR count). The number of rotatable bonds is 9. The fourth-order valence-electron chi connectivity index (χ4n) is 3.58. The van der Waals surface area contributed by atoms with Gasteiger partial charge in [-0.2, -0.15) is 0 Å². The molecular formula is C27H25Cl2FN2O3. The molecule has 0 saturated carbocycles. The summed E-state index contributed by atoms with van der Waals surface area (Å²) in [5.41, 5.74) is 3.28. The van der Waals surface area contributed by atoms with E-state index in [-0.39, 0.29) is 38.9 Å². The number of carbonyl (C=O) groups is 1. The number of nitrogens with zero attached hydrogens (tertiary/aromatic N) is 1. The minimum absolute atomic E-state index is 0.0869. The van der Waals surface area contributed by atoms with Crippen LogP contribution in [0.2, 0.25) is 10.0 Å². The molecule has 35 heavy (non-hydrogen) atoms. The summed E-state index contributed by atoms with van der Waals surface area (Å²) in [6.07, 6.45) is 2.92. The number of benzene rings is 2.